The SMILES string of the molecule is O=C1Nc2ccc(I)cc2OC12CC2. The quantitative estimate of drug-likeness (QED) is 0.746. The first-order valence-corrected chi connectivity index (χ1v) is 5.58. The molecule has 0 unspecified atom stereocenters. The van der Waals surface area contributed by atoms with Crippen molar-refractivity contribution in [3.8, 4) is 5.75 Å². The van der Waals surface area contributed by atoms with Gasteiger partial charge in [0.15, 0.2) is 5.60 Å². The number of halogens is 1. The Morgan fingerprint density at radius 2 is 2.21 bits per heavy atom. The Morgan fingerprint density at radius 3 is 2.93 bits per heavy atom. The van der Waals surface area contributed by atoms with E-state index in [9.17, 15) is 4.79 Å². The van der Waals surface area contributed by atoms with Crippen LogP contribution in [0.15, 0.2) is 18.2 Å². The van der Waals surface area contributed by atoms with Crippen LogP contribution in [-0.2, 0) is 4.79 Å². The zero-order valence-corrected chi connectivity index (χ0v) is 9.50. The number of anilines is 1. The molecule has 0 bridgehead atoms. The first-order chi connectivity index (χ1) is 6.70. The van der Waals surface area contributed by atoms with Crippen LogP contribution < -0.4 is 10.1 Å². The van der Waals surface area contributed by atoms with Crippen LogP contribution >= 0.6 is 22.6 Å². The Balaban J connectivity index is 2.07. The van der Waals surface area contributed by atoms with Gasteiger partial charge in [-0.3, -0.25) is 4.79 Å². The van der Waals surface area contributed by atoms with Crippen LogP contribution in [0.4, 0.5) is 5.69 Å². The van der Waals surface area contributed by atoms with Crippen LogP contribution in [0.25, 0.3) is 0 Å². The summed E-state index contributed by atoms with van der Waals surface area (Å²) in [4.78, 5) is 11.6. The molecule has 4 heteroatoms. The monoisotopic (exact) mass is 301 g/mol. The third-order valence-electron chi connectivity index (χ3n) is 2.62. The van der Waals surface area contributed by atoms with Gasteiger partial charge in [0.05, 0.1) is 5.69 Å². The van der Waals surface area contributed by atoms with Gasteiger partial charge < -0.3 is 10.1 Å². The van der Waals surface area contributed by atoms with Gasteiger partial charge in [-0.1, -0.05) is 0 Å². The van der Waals surface area contributed by atoms with Gasteiger partial charge in [-0.25, -0.2) is 0 Å². The van der Waals surface area contributed by atoms with E-state index in [1.54, 1.807) is 0 Å². The predicted octanol–water partition coefficient (Wildman–Crippen LogP) is 2.15. The van der Waals surface area contributed by atoms with E-state index in [-0.39, 0.29) is 5.91 Å². The van der Waals surface area contributed by atoms with Gasteiger partial charge in [0.1, 0.15) is 5.75 Å². The molecule has 1 amide bonds. The summed E-state index contributed by atoms with van der Waals surface area (Å²) in [6.07, 6.45) is 1.67. The van der Waals surface area contributed by atoms with Crippen molar-refractivity contribution in [1.82, 2.24) is 0 Å². The number of hydrogen-bond acceptors (Lipinski definition) is 2. The summed E-state index contributed by atoms with van der Waals surface area (Å²) in [5.74, 6) is 0.806. The number of carbonyl (C=O) groups is 1. The van der Waals surface area contributed by atoms with E-state index in [1.165, 1.54) is 0 Å². The van der Waals surface area contributed by atoms with E-state index in [0.29, 0.717) is 0 Å². The molecule has 0 radical (unpaired) electrons. The van der Waals surface area contributed by atoms with Gasteiger partial charge in [-0.2, -0.15) is 0 Å². The Kier molecular flexibility index (Phi) is 1.60. The lowest BCUT2D eigenvalue weighted by Crippen LogP contribution is -2.38. The lowest BCUT2D eigenvalue weighted by molar-refractivity contribution is -0.125. The number of nitrogens with one attached hydrogen (secondary N) is 1. The first kappa shape index (κ1) is 8.52. The zero-order valence-electron chi connectivity index (χ0n) is 7.34. The van der Waals surface area contributed by atoms with Crippen molar-refractivity contribution in [3.63, 3.8) is 0 Å². The standard InChI is InChI=1S/C10H8INO2/c11-6-1-2-7-8(5-6)14-10(3-4-10)9(13)12-7/h1-2,5H,3-4H2,(H,12,13). The van der Waals surface area contributed by atoms with E-state index in [1.807, 2.05) is 18.2 Å². The molecule has 2 aliphatic rings. The highest BCUT2D eigenvalue weighted by Crippen LogP contribution is 2.46. The second-order valence-electron chi connectivity index (χ2n) is 3.69. The molecule has 1 spiro atoms. The number of amides is 1. The summed E-state index contributed by atoms with van der Waals surface area (Å²) in [5.41, 5.74) is 0.255. The molecule has 1 saturated carbocycles. The molecule has 1 aromatic carbocycles. The van der Waals surface area contributed by atoms with E-state index in [4.69, 9.17) is 4.74 Å². The number of carbonyl (C=O) groups excluding carboxylic acids is 1. The van der Waals surface area contributed by atoms with E-state index in [2.05, 4.69) is 27.9 Å². The Hall–Kier alpha value is -0.780. The minimum Gasteiger partial charge on any atom is -0.475 e. The second kappa shape index (κ2) is 2.62. The minimum atomic E-state index is -0.530. The molecule has 72 valence electrons. The lowest BCUT2D eigenvalue weighted by Gasteiger charge is -2.25. The van der Waals surface area contributed by atoms with Crippen molar-refractivity contribution in [2.45, 2.75) is 18.4 Å². The number of rotatable bonds is 0. The molecule has 1 N–H and O–H groups in total. The van der Waals surface area contributed by atoms with E-state index < -0.39 is 5.60 Å². The minimum absolute atomic E-state index is 0.00575. The molecule has 1 aliphatic heterocycles. The molecule has 0 atom stereocenters. The van der Waals surface area contributed by atoms with Gasteiger partial charge in [-0.15, -0.1) is 0 Å². The van der Waals surface area contributed by atoms with Crippen LogP contribution in [0.3, 0.4) is 0 Å². The average Bonchev–Trinajstić information content (AvgIpc) is 2.89. The number of ether oxygens (including phenoxy) is 1. The van der Waals surface area contributed by atoms with Gasteiger partial charge >= 0.3 is 0 Å². The lowest BCUT2D eigenvalue weighted by atomic mass is 10.2. The molecule has 0 saturated heterocycles. The first-order valence-electron chi connectivity index (χ1n) is 4.50. The summed E-state index contributed by atoms with van der Waals surface area (Å²) in [6.45, 7) is 0. The average molecular weight is 301 g/mol. The summed E-state index contributed by atoms with van der Waals surface area (Å²) < 4.78 is 6.83. The van der Waals surface area contributed by atoms with Gasteiger partial charge in [-0.05, 0) is 40.8 Å². The maximum absolute atomic E-state index is 11.6. The van der Waals surface area contributed by atoms with Crippen LogP contribution in [0, 0.1) is 3.57 Å². The van der Waals surface area contributed by atoms with E-state index >= 15 is 0 Å². The van der Waals surface area contributed by atoms with Gasteiger partial charge in [0.2, 0.25) is 0 Å². The van der Waals surface area contributed by atoms with Crippen molar-refractivity contribution in [3.05, 3.63) is 21.8 Å². The van der Waals surface area contributed by atoms with Gasteiger partial charge in [0, 0.05) is 16.4 Å². The van der Waals surface area contributed by atoms with Crippen LogP contribution in [0.5, 0.6) is 5.75 Å². The third-order valence-corrected chi connectivity index (χ3v) is 3.29. The van der Waals surface area contributed by atoms with Crippen LogP contribution in [0.1, 0.15) is 12.8 Å². The van der Waals surface area contributed by atoms with Crippen molar-refractivity contribution in [2.75, 3.05) is 5.32 Å². The molecule has 14 heavy (non-hydrogen) atoms. The fraction of sp³-hybridized carbons (Fsp3) is 0.300. The van der Waals surface area contributed by atoms with Crippen LogP contribution in [-0.4, -0.2) is 11.5 Å². The maximum Gasteiger partial charge on any atom is 0.268 e. The zero-order chi connectivity index (χ0) is 9.76. The molecule has 1 aromatic rings. The smallest absolute Gasteiger partial charge is 0.268 e. The normalized spacial score (nSPS) is 21.1. The highest BCUT2D eigenvalue weighted by Gasteiger charge is 2.55. The summed E-state index contributed by atoms with van der Waals surface area (Å²) in [7, 11) is 0. The summed E-state index contributed by atoms with van der Waals surface area (Å²) >= 11 is 2.23. The third kappa shape index (κ3) is 1.13. The molecule has 1 aliphatic carbocycles. The highest BCUT2D eigenvalue weighted by atomic mass is 127. The molecule has 0 aromatic heterocycles. The molecule has 3 nitrogen and oxygen atoms in total. The molecular weight excluding hydrogens is 293 g/mol. The van der Waals surface area contributed by atoms with E-state index in [0.717, 1.165) is 27.8 Å². The number of benzene rings is 1. The van der Waals surface area contributed by atoms with Gasteiger partial charge in [0.25, 0.3) is 5.91 Å². The Bertz CT molecular complexity index is 426. The second-order valence-corrected chi connectivity index (χ2v) is 4.94. The maximum atomic E-state index is 11.6. The predicted molar refractivity (Wildman–Crippen MR) is 60.4 cm³/mol. The van der Waals surface area contributed by atoms with Crippen molar-refractivity contribution in [1.29, 1.82) is 0 Å². The molecule has 1 heterocycles. The summed E-state index contributed by atoms with van der Waals surface area (Å²) in [6, 6.07) is 5.79. The largest absolute Gasteiger partial charge is 0.475 e. The Morgan fingerprint density at radius 1 is 1.43 bits per heavy atom. The van der Waals surface area contributed by atoms with Crippen molar-refractivity contribution < 1.29 is 9.53 Å². The fourth-order valence-corrected chi connectivity index (χ4v) is 2.08. The van der Waals surface area contributed by atoms with Crippen molar-refractivity contribution in [2.24, 2.45) is 0 Å². The fourth-order valence-electron chi connectivity index (χ4n) is 1.62. The molecular formula is C10H8INO2. The van der Waals surface area contributed by atoms with Crippen molar-refractivity contribution >= 4 is 34.2 Å². The highest BCUT2D eigenvalue weighted by molar-refractivity contribution is 14.1. The number of hydrogen-bond donors (Lipinski definition) is 1. The topological polar surface area (TPSA) is 38.3 Å². The summed E-state index contributed by atoms with van der Waals surface area (Å²) in [5, 5.41) is 2.87. The number of fused-ring (bicyclic) bond motifs is 1. The molecule has 3 rings (SSSR count). The Labute approximate surface area is 95.0 Å². The molecule has 1 fully saturated rings. The van der Waals surface area contributed by atoms with Crippen LogP contribution in [0.2, 0.25) is 0 Å².